The van der Waals surface area contributed by atoms with Crippen LogP contribution in [-0.2, 0) is 5.88 Å². The van der Waals surface area contributed by atoms with E-state index in [0.717, 1.165) is 23.5 Å². The summed E-state index contributed by atoms with van der Waals surface area (Å²) in [6.45, 7) is 1.27. The normalized spacial score (nSPS) is 10.2. The van der Waals surface area contributed by atoms with Gasteiger partial charge >= 0.3 is 0 Å². The molecule has 0 aliphatic heterocycles. The van der Waals surface area contributed by atoms with Crippen molar-refractivity contribution in [2.45, 2.75) is 12.3 Å². The Bertz CT molecular complexity index is 485. The molecular weight excluding hydrogens is 260 g/mol. The van der Waals surface area contributed by atoms with E-state index in [1.165, 1.54) is 0 Å². The number of para-hydroxylation sites is 2. The fourth-order valence-electron chi connectivity index (χ4n) is 1.70. The second kappa shape index (κ2) is 7.70. The van der Waals surface area contributed by atoms with E-state index in [1.807, 2.05) is 54.6 Å². The number of ether oxygens (including phenoxy) is 2. The first-order valence-corrected chi connectivity index (χ1v) is 6.88. The summed E-state index contributed by atoms with van der Waals surface area (Å²) in [5.74, 6) is 2.22. The average molecular weight is 277 g/mol. The van der Waals surface area contributed by atoms with Crippen LogP contribution in [0.15, 0.2) is 54.6 Å². The molecule has 100 valence electrons. The molecular formula is C16H17ClO2. The molecule has 0 aromatic heterocycles. The van der Waals surface area contributed by atoms with Crippen LogP contribution in [0, 0.1) is 0 Å². The standard InChI is InChI=1S/C16H17ClO2/c17-13-14-7-4-5-10-16(14)19-12-6-11-18-15-8-2-1-3-9-15/h1-5,7-10H,6,11-13H2. The van der Waals surface area contributed by atoms with E-state index >= 15 is 0 Å². The van der Waals surface area contributed by atoms with Gasteiger partial charge in [-0.1, -0.05) is 36.4 Å². The lowest BCUT2D eigenvalue weighted by Gasteiger charge is -2.10. The molecule has 0 heterocycles. The Kier molecular flexibility index (Phi) is 5.57. The molecule has 2 nitrogen and oxygen atoms in total. The zero-order chi connectivity index (χ0) is 13.3. The highest BCUT2D eigenvalue weighted by Crippen LogP contribution is 2.19. The van der Waals surface area contributed by atoms with E-state index in [1.54, 1.807) is 0 Å². The highest BCUT2D eigenvalue weighted by atomic mass is 35.5. The summed E-state index contributed by atoms with van der Waals surface area (Å²) in [5.41, 5.74) is 1.02. The van der Waals surface area contributed by atoms with Gasteiger partial charge in [-0.2, -0.15) is 0 Å². The van der Waals surface area contributed by atoms with Crippen LogP contribution in [0.4, 0.5) is 0 Å². The Balaban J connectivity index is 1.69. The van der Waals surface area contributed by atoms with Crippen LogP contribution in [0.2, 0.25) is 0 Å². The first-order chi connectivity index (χ1) is 9.40. The van der Waals surface area contributed by atoms with E-state index in [9.17, 15) is 0 Å². The van der Waals surface area contributed by atoms with Crippen molar-refractivity contribution in [3.05, 3.63) is 60.2 Å². The van der Waals surface area contributed by atoms with Gasteiger partial charge in [-0.25, -0.2) is 0 Å². The molecule has 0 radical (unpaired) electrons. The molecule has 0 aliphatic rings. The smallest absolute Gasteiger partial charge is 0.123 e. The van der Waals surface area contributed by atoms with Crippen molar-refractivity contribution < 1.29 is 9.47 Å². The van der Waals surface area contributed by atoms with E-state index in [-0.39, 0.29) is 0 Å². The Labute approximate surface area is 118 Å². The molecule has 2 aromatic carbocycles. The van der Waals surface area contributed by atoms with Gasteiger partial charge in [0.2, 0.25) is 0 Å². The van der Waals surface area contributed by atoms with Crippen molar-refractivity contribution in [3.63, 3.8) is 0 Å². The third-order valence-corrected chi connectivity index (χ3v) is 2.96. The molecule has 3 heteroatoms. The number of rotatable bonds is 7. The molecule has 0 aliphatic carbocycles. The van der Waals surface area contributed by atoms with E-state index in [0.29, 0.717) is 19.1 Å². The maximum absolute atomic E-state index is 5.85. The summed E-state index contributed by atoms with van der Waals surface area (Å²) in [6.07, 6.45) is 0.839. The number of hydrogen-bond acceptors (Lipinski definition) is 2. The zero-order valence-electron chi connectivity index (χ0n) is 10.7. The third kappa shape index (κ3) is 4.49. The summed E-state index contributed by atoms with van der Waals surface area (Å²) >= 11 is 5.85. The van der Waals surface area contributed by atoms with Crippen molar-refractivity contribution in [2.75, 3.05) is 13.2 Å². The largest absolute Gasteiger partial charge is 0.493 e. The van der Waals surface area contributed by atoms with Crippen molar-refractivity contribution in [1.82, 2.24) is 0 Å². The van der Waals surface area contributed by atoms with Gasteiger partial charge in [0.05, 0.1) is 19.1 Å². The molecule has 0 atom stereocenters. The van der Waals surface area contributed by atoms with Crippen LogP contribution in [0.5, 0.6) is 11.5 Å². The van der Waals surface area contributed by atoms with Crippen molar-refractivity contribution >= 4 is 11.6 Å². The van der Waals surface area contributed by atoms with Crippen molar-refractivity contribution in [2.24, 2.45) is 0 Å². The van der Waals surface area contributed by atoms with Crippen molar-refractivity contribution in [3.8, 4) is 11.5 Å². The van der Waals surface area contributed by atoms with Crippen LogP contribution in [0.25, 0.3) is 0 Å². The summed E-state index contributed by atoms with van der Waals surface area (Å²) in [4.78, 5) is 0. The highest BCUT2D eigenvalue weighted by Gasteiger charge is 2.01. The molecule has 0 fully saturated rings. The SMILES string of the molecule is ClCc1ccccc1OCCCOc1ccccc1. The molecule has 2 rings (SSSR count). The Hall–Kier alpha value is -1.67. The Morgan fingerprint density at radius 2 is 1.47 bits per heavy atom. The maximum Gasteiger partial charge on any atom is 0.123 e. The zero-order valence-corrected chi connectivity index (χ0v) is 11.5. The van der Waals surface area contributed by atoms with Gasteiger partial charge in [-0.15, -0.1) is 11.6 Å². The first kappa shape index (κ1) is 13.8. The lowest BCUT2D eigenvalue weighted by molar-refractivity contribution is 0.246. The summed E-state index contributed by atoms with van der Waals surface area (Å²) in [5, 5.41) is 0. The summed E-state index contributed by atoms with van der Waals surface area (Å²) in [7, 11) is 0. The van der Waals surface area contributed by atoms with Crippen molar-refractivity contribution in [1.29, 1.82) is 0 Å². The number of benzene rings is 2. The molecule has 0 N–H and O–H groups in total. The number of hydrogen-bond donors (Lipinski definition) is 0. The van der Waals surface area contributed by atoms with Crippen LogP contribution in [-0.4, -0.2) is 13.2 Å². The maximum atomic E-state index is 5.85. The fourth-order valence-corrected chi connectivity index (χ4v) is 1.92. The lowest BCUT2D eigenvalue weighted by atomic mass is 10.2. The minimum atomic E-state index is 0.469. The molecule has 2 aromatic rings. The van der Waals surface area contributed by atoms with Crippen LogP contribution in [0.1, 0.15) is 12.0 Å². The lowest BCUT2D eigenvalue weighted by Crippen LogP contribution is -2.05. The van der Waals surface area contributed by atoms with Crippen LogP contribution >= 0.6 is 11.6 Å². The van der Waals surface area contributed by atoms with Gasteiger partial charge < -0.3 is 9.47 Å². The molecule has 0 saturated heterocycles. The van der Waals surface area contributed by atoms with E-state index in [2.05, 4.69) is 0 Å². The number of alkyl halides is 1. The second-order valence-electron chi connectivity index (χ2n) is 4.10. The molecule has 0 bridgehead atoms. The van der Waals surface area contributed by atoms with Gasteiger partial charge in [0, 0.05) is 12.0 Å². The van der Waals surface area contributed by atoms with Gasteiger partial charge in [0.25, 0.3) is 0 Å². The van der Waals surface area contributed by atoms with Crippen LogP contribution < -0.4 is 9.47 Å². The molecule has 0 spiro atoms. The van der Waals surface area contributed by atoms with Gasteiger partial charge in [-0.3, -0.25) is 0 Å². The van der Waals surface area contributed by atoms with Gasteiger partial charge in [0.15, 0.2) is 0 Å². The summed E-state index contributed by atoms with van der Waals surface area (Å²) < 4.78 is 11.3. The molecule has 0 amide bonds. The molecule has 0 unspecified atom stereocenters. The quantitative estimate of drug-likeness (QED) is 0.555. The Morgan fingerprint density at radius 1 is 0.789 bits per heavy atom. The van der Waals surface area contributed by atoms with E-state index in [4.69, 9.17) is 21.1 Å². The predicted octanol–water partition coefficient (Wildman–Crippen LogP) is 4.27. The minimum absolute atomic E-state index is 0.469. The third-order valence-electron chi connectivity index (χ3n) is 2.67. The van der Waals surface area contributed by atoms with E-state index < -0.39 is 0 Å². The topological polar surface area (TPSA) is 18.5 Å². The first-order valence-electron chi connectivity index (χ1n) is 6.34. The minimum Gasteiger partial charge on any atom is -0.493 e. The predicted molar refractivity (Wildman–Crippen MR) is 78.0 cm³/mol. The van der Waals surface area contributed by atoms with Gasteiger partial charge in [-0.05, 0) is 18.2 Å². The molecule has 19 heavy (non-hydrogen) atoms. The van der Waals surface area contributed by atoms with Crippen LogP contribution in [0.3, 0.4) is 0 Å². The monoisotopic (exact) mass is 276 g/mol. The molecule has 0 saturated carbocycles. The second-order valence-corrected chi connectivity index (χ2v) is 4.37. The highest BCUT2D eigenvalue weighted by molar-refractivity contribution is 6.17. The summed E-state index contributed by atoms with van der Waals surface area (Å²) in [6, 6.07) is 17.6. The Morgan fingerprint density at radius 3 is 2.26 bits per heavy atom. The van der Waals surface area contributed by atoms with Gasteiger partial charge in [0.1, 0.15) is 11.5 Å². The fraction of sp³-hybridized carbons (Fsp3) is 0.250. The number of halogens is 1. The average Bonchev–Trinajstić information content (AvgIpc) is 2.48.